The Morgan fingerprint density at radius 2 is 0.806 bits per heavy atom. The van der Waals surface area contributed by atoms with Crippen LogP contribution in [0.25, 0.3) is 0 Å². The minimum atomic E-state index is -1.51. The fraction of sp³-hybridized carbons (Fsp3) is 0.810. The number of nitrogens with zero attached hydrogens (tertiary/aromatic N) is 1. The second kappa shape index (κ2) is 49.7. The third-order valence-corrected chi connectivity index (χ3v) is 12.1. The summed E-state index contributed by atoms with van der Waals surface area (Å²) in [4.78, 5) is 37.4. The Labute approximate surface area is 412 Å². The smallest absolute Gasteiger partial charge is 0.361 e. The van der Waals surface area contributed by atoms with Crippen molar-refractivity contribution in [3.8, 4) is 0 Å². The van der Waals surface area contributed by atoms with Crippen molar-refractivity contribution in [3.05, 3.63) is 48.6 Å². The summed E-state index contributed by atoms with van der Waals surface area (Å²) in [6.07, 6.45) is 57.5. The fourth-order valence-corrected chi connectivity index (χ4v) is 7.72. The van der Waals surface area contributed by atoms with E-state index in [1.165, 1.54) is 154 Å². The third-order valence-electron chi connectivity index (χ3n) is 12.1. The van der Waals surface area contributed by atoms with Gasteiger partial charge in [-0.15, -0.1) is 0 Å². The first-order valence-electron chi connectivity index (χ1n) is 27.8. The van der Waals surface area contributed by atoms with Crippen molar-refractivity contribution in [2.24, 2.45) is 0 Å². The molecule has 9 heteroatoms. The van der Waals surface area contributed by atoms with Gasteiger partial charge in [-0.2, -0.15) is 0 Å². The molecule has 0 spiro atoms. The minimum Gasteiger partial charge on any atom is -0.477 e. The SMILES string of the molecule is CCCCC/C=C\C/C=C\CCCCCCCCCC(=O)OCC(COC(OCC[N+](C)(C)C)C(=O)O)OC(=O)CCCCCCCCCCCCCCC/C=C\C/C=C\CCCCCCC. The zero-order valence-electron chi connectivity index (χ0n) is 44.3. The van der Waals surface area contributed by atoms with Crippen molar-refractivity contribution in [1.29, 1.82) is 0 Å². The van der Waals surface area contributed by atoms with E-state index in [1.807, 2.05) is 21.1 Å². The van der Waals surface area contributed by atoms with Crippen molar-refractivity contribution < 1.29 is 42.9 Å². The largest absolute Gasteiger partial charge is 0.477 e. The molecule has 0 aromatic rings. The molecule has 0 aromatic heterocycles. The number of quaternary nitrogens is 1. The first-order valence-corrected chi connectivity index (χ1v) is 27.8. The predicted octanol–water partition coefficient (Wildman–Crippen LogP) is 15.9. The number of esters is 2. The van der Waals surface area contributed by atoms with Gasteiger partial charge in [-0.3, -0.25) is 9.59 Å². The monoisotopic (exact) mass is 945 g/mol. The molecule has 0 rings (SSSR count). The molecular formula is C58H106NO8+. The number of carbonyl (C=O) groups is 3. The van der Waals surface area contributed by atoms with E-state index in [4.69, 9.17) is 18.9 Å². The van der Waals surface area contributed by atoms with Gasteiger partial charge in [-0.05, 0) is 77.0 Å². The number of rotatable bonds is 51. The van der Waals surface area contributed by atoms with E-state index >= 15 is 0 Å². The summed E-state index contributed by atoms with van der Waals surface area (Å²) in [6, 6.07) is 0. The lowest BCUT2D eigenvalue weighted by Crippen LogP contribution is -2.40. The molecule has 0 saturated heterocycles. The molecule has 0 saturated carbocycles. The second-order valence-electron chi connectivity index (χ2n) is 19.9. The number of carbonyl (C=O) groups excluding carboxylic acids is 2. The molecule has 9 nitrogen and oxygen atoms in total. The number of carboxylic acid groups (broad SMARTS) is 1. The van der Waals surface area contributed by atoms with Gasteiger partial charge in [0.15, 0.2) is 6.10 Å². The van der Waals surface area contributed by atoms with Gasteiger partial charge >= 0.3 is 17.9 Å². The lowest BCUT2D eigenvalue weighted by molar-refractivity contribution is -0.870. The summed E-state index contributed by atoms with van der Waals surface area (Å²) in [5, 5.41) is 9.69. The van der Waals surface area contributed by atoms with Gasteiger partial charge < -0.3 is 28.5 Å². The summed E-state index contributed by atoms with van der Waals surface area (Å²) in [5.74, 6) is -2.01. The maximum Gasteiger partial charge on any atom is 0.361 e. The van der Waals surface area contributed by atoms with Crippen LogP contribution in [0.15, 0.2) is 48.6 Å². The van der Waals surface area contributed by atoms with E-state index in [9.17, 15) is 19.5 Å². The van der Waals surface area contributed by atoms with Crippen molar-refractivity contribution in [3.63, 3.8) is 0 Å². The molecule has 0 aromatic carbocycles. The normalized spacial score (nSPS) is 13.1. The Hall–Kier alpha value is -2.75. The van der Waals surface area contributed by atoms with Gasteiger partial charge in [0.05, 0.1) is 34.4 Å². The highest BCUT2D eigenvalue weighted by Gasteiger charge is 2.25. The van der Waals surface area contributed by atoms with E-state index in [1.54, 1.807) is 0 Å². The van der Waals surface area contributed by atoms with Gasteiger partial charge in [-0.25, -0.2) is 4.79 Å². The Morgan fingerprint density at radius 3 is 1.21 bits per heavy atom. The van der Waals surface area contributed by atoms with Crippen molar-refractivity contribution in [2.45, 2.75) is 257 Å². The van der Waals surface area contributed by atoms with E-state index in [2.05, 4.69) is 62.5 Å². The minimum absolute atomic E-state index is 0.186. The van der Waals surface area contributed by atoms with Gasteiger partial charge in [-0.1, -0.05) is 204 Å². The number of ether oxygens (including phenoxy) is 4. The summed E-state index contributed by atoms with van der Waals surface area (Å²) >= 11 is 0. The standard InChI is InChI=1S/C58H105NO8/c1-6-8-10-12-14-16-18-20-22-24-25-26-27-28-29-30-31-33-35-37-39-41-43-45-47-49-56(61)67-54(53-66-58(57(62)63)64-51-50-59(3,4)5)52-65-55(60)48-46-44-42-40-38-36-34-32-23-21-19-17-15-13-11-9-7-2/h15,17-18,20-21,23-25,54,58H,6-14,16,19,22,26-53H2,1-5H3/p+1/b17-15-,20-18-,23-21-,25-24-. The van der Waals surface area contributed by atoms with E-state index in [0.29, 0.717) is 17.4 Å². The molecule has 0 amide bonds. The molecule has 0 fully saturated rings. The van der Waals surface area contributed by atoms with Crippen molar-refractivity contribution >= 4 is 17.9 Å². The number of likely N-dealkylation sites (N-methyl/N-ethyl adjacent to an activating group) is 1. The highest BCUT2D eigenvalue weighted by Crippen LogP contribution is 2.16. The van der Waals surface area contributed by atoms with E-state index < -0.39 is 24.3 Å². The molecule has 0 aliphatic rings. The van der Waals surface area contributed by atoms with Crippen LogP contribution in [0.4, 0.5) is 0 Å². The number of aliphatic carboxylic acids is 1. The highest BCUT2D eigenvalue weighted by molar-refractivity contribution is 5.71. The summed E-state index contributed by atoms with van der Waals surface area (Å²) in [7, 11) is 5.96. The summed E-state index contributed by atoms with van der Waals surface area (Å²) in [5.41, 5.74) is 0. The fourth-order valence-electron chi connectivity index (χ4n) is 7.72. The van der Waals surface area contributed by atoms with Crippen LogP contribution >= 0.6 is 0 Å². The van der Waals surface area contributed by atoms with Gasteiger partial charge in [0, 0.05) is 12.8 Å². The van der Waals surface area contributed by atoms with Crippen molar-refractivity contribution in [2.75, 3.05) is 47.5 Å². The first-order chi connectivity index (χ1) is 32.6. The maximum atomic E-state index is 12.9. The van der Waals surface area contributed by atoms with Crippen LogP contribution in [0.1, 0.15) is 245 Å². The molecule has 2 atom stereocenters. The Bertz CT molecular complexity index is 1240. The quantitative estimate of drug-likeness (QED) is 0.0211. The van der Waals surface area contributed by atoms with Crippen LogP contribution in [0, 0.1) is 0 Å². The first kappa shape index (κ1) is 64.2. The molecule has 0 radical (unpaired) electrons. The summed E-state index contributed by atoms with van der Waals surface area (Å²) in [6.45, 7) is 4.85. The Morgan fingerprint density at radius 1 is 0.448 bits per heavy atom. The second-order valence-corrected chi connectivity index (χ2v) is 19.9. The average molecular weight is 945 g/mol. The molecule has 0 aliphatic heterocycles. The van der Waals surface area contributed by atoms with Crippen LogP contribution in [-0.4, -0.2) is 87.4 Å². The van der Waals surface area contributed by atoms with Gasteiger partial charge in [0.25, 0.3) is 6.29 Å². The number of allylic oxidation sites excluding steroid dienone is 8. The molecular weight excluding hydrogens is 839 g/mol. The Balaban J connectivity index is 4.26. The van der Waals surface area contributed by atoms with Gasteiger partial charge in [0.2, 0.25) is 0 Å². The average Bonchev–Trinajstić information content (AvgIpc) is 3.29. The lowest BCUT2D eigenvalue weighted by Gasteiger charge is -2.25. The number of hydrogen-bond acceptors (Lipinski definition) is 7. The topological polar surface area (TPSA) is 108 Å². The van der Waals surface area contributed by atoms with E-state index in [0.717, 1.165) is 64.2 Å². The molecule has 0 aliphatic carbocycles. The third kappa shape index (κ3) is 50.9. The van der Waals surface area contributed by atoms with Crippen LogP contribution in [0.2, 0.25) is 0 Å². The number of unbranched alkanes of at least 4 members (excludes halogenated alkanes) is 28. The molecule has 1 N–H and O–H groups in total. The van der Waals surface area contributed by atoms with Crippen LogP contribution in [0.3, 0.4) is 0 Å². The van der Waals surface area contributed by atoms with Crippen molar-refractivity contribution in [1.82, 2.24) is 0 Å². The highest BCUT2D eigenvalue weighted by atomic mass is 16.7. The van der Waals surface area contributed by atoms with Crippen LogP contribution < -0.4 is 0 Å². The predicted molar refractivity (Wildman–Crippen MR) is 281 cm³/mol. The molecule has 0 bridgehead atoms. The van der Waals surface area contributed by atoms with Crippen LogP contribution in [-0.2, 0) is 33.3 Å². The van der Waals surface area contributed by atoms with E-state index in [-0.39, 0.29) is 32.2 Å². The molecule has 0 heterocycles. The molecule has 390 valence electrons. The van der Waals surface area contributed by atoms with Crippen LogP contribution in [0.5, 0.6) is 0 Å². The molecule has 2 unspecified atom stereocenters. The Kier molecular flexibility index (Phi) is 47.6. The summed E-state index contributed by atoms with van der Waals surface area (Å²) < 4.78 is 22.9. The number of hydrogen-bond donors (Lipinski definition) is 1. The lowest BCUT2D eigenvalue weighted by atomic mass is 10.0. The molecule has 67 heavy (non-hydrogen) atoms. The zero-order chi connectivity index (χ0) is 49.2. The zero-order valence-corrected chi connectivity index (χ0v) is 44.3. The number of carboxylic acids is 1. The maximum absolute atomic E-state index is 12.9. The van der Waals surface area contributed by atoms with Gasteiger partial charge in [0.1, 0.15) is 13.2 Å².